The lowest BCUT2D eigenvalue weighted by atomic mass is 9.81. The molecule has 0 fully saturated rings. The smallest absolute Gasteiger partial charge is 0.0159 e. The third kappa shape index (κ3) is 3.88. The van der Waals surface area contributed by atoms with Crippen molar-refractivity contribution in [3.63, 3.8) is 0 Å². The molecule has 0 amide bonds. The second-order valence-electron chi connectivity index (χ2n) is 14.0. The van der Waals surface area contributed by atoms with E-state index in [0.29, 0.717) is 0 Å². The van der Waals surface area contributed by atoms with Gasteiger partial charge in [0.05, 0.1) is 0 Å². The van der Waals surface area contributed by atoms with Crippen molar-refractivity contribution in [2.24, 2.45) is 0 Å². The monoisotopic (exact) mass is 598 g/mol. The Bertz CT molecular complexity index is 2510. The molecule has 0 N–H and O–H groups in total. The largest absolute Gasteiger partial charge is 0.0757 e. The molecule has 0 atom stereocenters. The first kappa shape index (κ1) is 26.7. The van der Waals surface area contributed by atoms with Crippen LogP contribution in [0.5, 0.6) is 0 Å². The predicted octanol–water partition coefficient (Wildman–Crippen LogP) is 12.9. The molecule has 0 nitrogen and oxygen atoms in total. The van der Waals surface area contributed by atoms with E-state index in [1.54, 1.807) is 0 Å². The number of hydrogen-bond donors (Lipinski definition) is 0. The lowest BCUT2D eigenvalue weighted by Crippen LogP contribution is -2.14. The molecule has 0 aromatic heterocycles. The van der Waals surface area contributed by atoms with Crippen molar-refractivity contribution in [3.05, 3.63) is 168 Å². The van der Waals surface area contributed by atoms with E-state index in [1.807, 2.05) is 0 Å². The molecule has 7 aromatic rings. The molecule has 0 radical (unpaired) electrons. The van der Waals surface area contributed by atoms with E-state index in [0.717, 1.165) is 12.8 Å². The minimum atomic E-state index is 0.00252. The van der Waals surface area contributed by atoms with Crippen LogP contribution in [0.15, 0.2) is 146 Å². The topological polar surface area (TPSA) is 0 Å². The van der Waals surface area contributed by atoms with E-state index in [4.69, 9.17) is 0 Å². The van der Waals surface area contributed by atoms with Crippen LogP contribution in [-0.4, -0.2) is 0 Å². The average molecular weight is 599 g/mol. The van der Waals surface area contributed by atoms with Crippen LogP contribution in [0.3, 0.4) is 0 Å². The quantitative estimate of drug-likeness (QED) is 0.190. The fourth-order valence-electron chi connectivity index (χ4n) is 8.65. The SMILES string of the molecule is CC1(C)c2ccccc2-c2ccc(-c3ccc4cc(-c5cccc(-c6ccc7c8c(cccc68)C6=CCCC=C67)c5)ccc4c3)cc21. The molecule has 0 heterocycles. The normalized spacial score (nSPS) is 15.3. The maximum absolute atomic E-state index is 2.43. The Morgan fingerprint density at radius 2 is 0.957 bits per heavy atom. The molecule has 0 unspecified atom stereocenters. The van der Waals surface area contributed by atoms with Gasteiger partial charge in [0.1, 0.15) is 0 Å². The first-order valence-corrected chi connectivity index (χ1v) is 16.9. The summed E-state index contributed by atoms with van der Waals surface area (Å²) in [6.07, 6.45) is 7.12. The Labute approximate surface area is 276 Å². The highest BCUT2D eigenvalue weighted by molar-refractivity contribution is 6.24. The van der Waals surface area contributed by atoms with Gasteiger partial charge < -0.3 is 0 Å². The molecular formula is C47H34. The minimum absolute atomic E-state index is 0.00252. The summed E-state index contributed by atoms with van der Waals surface area (Å²) in [5.74, 6) is 0. The van der Waals surface area contributed by atoms with Crippen LogP contribution in [0.2, 0.25) is 0 Å². The van der Waals surface area contributed by atoms with Gasteiger partial charge in [0, 0.05) is 5.41 Å². The summed E-state index contributed by atoms with van der Waals surface area (Å²) in [6, 6.07) is 50.3. The summed E-state index contributed by atoms with van der Waals surface area (Å²) < 4.78 is 0. The van der Waals surface area contributed by atoms with Crippen molar-refractivity contribution in [3.8, 4) is 44.5 Å². The van der Waals surface area contributed by atoms with Crippen LogP contribution in [0.25, 0.3) is 77.2 Å². The van der Waals surface area contributed by atoms with Gasteiger partial charge in [-0.3, -0.25) is 0 Å². The van der Waals surface area contributed by atoms with Crippen LogP contribution >= 0.6 is 0 Å². The zero-order valence-corrected chi connectivity index (χ0v) is 26.8. The molecule has 47 heavy (non-hydrogen) atoms. The second kappa shape index (κ2) is 9.77. The highest BCUT2D eigenvalue weighted by atomic mass is 14.4. The summed E-state index contributed by atoms with van der Waals surface area (Å²) in [7, 11) is 0. The molecule has 0 heteroatoms. The maximum Gasteiger partial charge on any atom is 0.0159 e. The third-order valence-corrected chi connectivity index (χ3v) is 11.0. The molecule has 0 saturated heterocycles. The van der Waals surface area contributed by atoms with E-state index in [2.05, 4.69) is 159 Å². The van der Waals surface area contributed by atoms with Gasteiger partial charge >= 0.3 is 0 Å². The summed E-state index contributed by atoms with van der Waals surface area (Å²) >= 11 is 0. The highest BCUT2D eigenvalue weighted by Crippen LogP contribution is 2.51. The number of benzene rings is 7. The van der Waals surface area contributed by atoms with Crippen molar-refractivity contribution in [1.29, 1.82) is 0 Å². The molecule has 0 spiro atoms. The van der Waals surface area contributed by atoms with Gasteiger partial charge in [-0.15, -0.1) is 0 Å². The summed E-state index contributed by atoms with van der Waals surface area (Å²) in [5.41, 5.74) is 18.8. The first-order chi connectivity index (χ1) is 23.0. The molecule has 3 aliphatic carbocycles. The predicted molar refractivity (Wildman–Crippen MR) is 201 cm³/mol. The Morgan fingerprint density at radius 3 is 1.74 bits per heavy atom. The van der Waals surface area contributed by atoms with Crippen LogP contribution in [0, 0.1) is 0 Å². The zero-order valence-electron chi connectivity index (χ0n) is 26.8. The summed E-state index contributed by atoms with van der Waals surface area (Å²) in [5, 5.41) is 5.29. The zero-order chi connectivity index (χ0) is 31.3. The molecule has 0 aliphatic heterocycles. The lowest BCUT2D eigenvalue weighted by Gasteiger charge is -2.22. The van der Waals surface area contributed by atoms with Gasteiger partial charge in [-0.05, 0) is 137 Å². The van der Waals surface area contributed by atoms with E-state index >= 15 is 0 Å². The number of fused-ring (bicyclic) bond motifs is 7. The van der Waals surface area contributed by atoms with Gasteiger partial charge in [0.2, 0.25) is 0 Å². The van der Waals surface area contributed by atoms with E-state index in [9.17, 15) is 0 Å². The highest BCUT2D eigenvalue weighted by Gasteiger charge is 2.35. The van der Waals surface area contributed by atoms with Crippen LogP contribution < -0.4 is 0 Å². The molecular weight excluding hydrogens is 565 g/mol. The van der Waals surface area contributed by atoms with Crippen LogP contribution in [0.1, 0.15) is 48.9 Å². The Morgan fingerprint density at radius 1 is 0.404 bits per heavy atom. The van der Waals surface area contributed by atoms with Gasteiger partial charge in [-0.2, -0.15) is 0 Å². The fraction of sp³-hybridized carbons (Fsp3) is 0.106. The molecule has 0 saturated carbocycles. The van der Waals surface area contributed by atoms with Crippen LogP contribution in [0.4, 0.5) is 0 Å². The fourth-order valence-corrected chi connectivity index (χ4v) is 8.65. The van der Waals surface area contributed by atoms with Crippen molar-refractivity contribution >= 4 is 32.7 Å². The van der Waals surface area contributed by atoms with Crippen molar-refractivity contribution in [1.82, 2.24) is 0 Å². The van der Waals surface area contributed by atoms with Crippen molar-refractivity contribution in [2.75, 3.05) is 0 Å². The third-order valence-electron chi connectivity index (χ3n) is 11.0. The summed E-state index contributed by atoms with van der Waals surface area (Å²) in [6.45, 7) is 4.70. The van der Waals surface area contributed by atoms with Crippen molar-refractivity contribution in [2.45, 2.75) is 32.1 Å². The first-order valence-electron chi connectivity index (χ1n) is 16.9. The van der Waals surface area contributed by atoms with Gasteiger partial charge in [0.15, 0.2) is 0 Å². The van der Waals surface area contributed by atoms with E-state index in [-0.39, 0.29) is 5.41 Å². The maximum atomic E-state index is 2.43. The number of hydrogen-bond acceptors (Lipinski definition) is 0. The molecule has 7 aromatic carbocycles. The Balaban J connectivity index is 1.01. The molecule has 10 rings (SSSR count). The Hall–Kier alpha value is -5.46. The average Bonchev–Trinajstić information content (AvgIpc) is 3.57. The summed E-state index contributed by atoms with van der Waals surface area (Å²) in [4.78, 5) is 0. The Kier molecular flexibility index (Phi) is 5.56. The standard InChI is InChI=1S/C47H34/c1-47(2)44-16-6-5-13-39(44)40-22-21-34(28-45(40)47)33-20-19-31-25-30(17-18-32(31)26-33)29-9-7-10-35(27-29)36-23-24-43-38-12-4-3-11-37(38)42-15-8-14-41(36)46(42)43/h5-28H,3-4H2,1-2H3. The van der Waals surface area contributed by atoms with Gasteiger partial charge in [-0.1, -0.05) is 135 Å². The number of allylic oxidation sites excluding steroid dienone is 4. The van der Waals surface area contributed by atoms with Gasteiger partial charge in [0.25, 0.3) is 0 Å². The molecule has 222 valence electrons. The van der Waals surface area contributed by atoms with E-state index in [1.165, 1.54) is 99.5 Å². The van der Waals surface area contributed by atoms with Crippen molar-refractivity contribution < 1.29 is 0 Å². The van der Waals surface area contributed by atoms with Crippen LogP contribution in [-0.2, 0) is 5.41 Å². The molecule has 0 bridgehead atoms. The van der Waals surface area contributed by atoms with E-state index < -0.39 is 0 Å². The molecule has 3 aliphatic rings. The minimum Gasteiger partial charge on any atom is -0.0757 e. The lowest BCUT2D eigenvalue weighted by molar-refractivity contribution is 0.660. The van der Waals surface area contributed by atoms with Gasteiger partial charge in [-0.25, -0.2) is 0 Å². The number of rotatable bonds is 3. The second-order valence-corrected chi connectivity index (χ2v) is 14.0.